The molecular formula is C18H23Cl2FN4O. The Kier molecular flexibility index (Phi) is 7.17. The third-order valence-electron chi connectivity index (χ3n) is 4.87. The summed E-state index contributed by atoms with van der Waals surface area (Å²) in [6, 6.07) is 9.10. The van der Waals surface area contributed by atoms with Crippen LogP contribution in [0.1, 0.15) is 30.0 Å². The molecule has 142 valence electrons. The molecule has 1 saturated carbocycles. The predicted octanol–water partition coefficient (Wildman–Crippen LogP) is 3.07. The summed E-state index contributed by atoms with van der Waals surface area (Å²) in [5.74, 6) is 1.19. The largest absolute Gasteiger partial charge is 0.370 e. The van der Waals surface area contributed by atoms with Crippen molar-refractivity contribution in [3.8, 4) is 0 Å². The third-order valence-corrected chi connectivity index (χ3v) is 4.87. The van der Waals surface area contributed by atoms with Crippen LogP contribution in [0.15, 0.2) is 36.7 Å². The first-order chi connectivity index (χ1) is 11.7. The van der Waals surface area contributed by atoms with Gasteiger partial charge in [-0.2, -0.15) is 0 Å². The second-order valence-electron chi connectivity index (χ2n) is 6.66. The zero-order chi connectivity index (χ0) is 16.5. The van der Waals surface area contributed by atoms with Gasteiger partial charge in [-0.1, -0.05) is 18.2 Å². The van der Waals surface area contributed by atoms with Gasteiger partial charge in [-0.05, 0) is 18.9 Å². The second-order valence-corrected chi connectivity index (χ2v) is 6.66. The number of hydrogen-bond donors (Lipinski definition) is 1. The quantitative estimate of drug-likeness (QED) is 0.835. The van der Waals surface area contributed by atoms with Gasteiger partial charge in [0.2, 0.25) is 0 Å². The van der Waals surface area contributed by atoms with Crippen LogP contribution in [0.2, 0.25) is 0 Å². The predicted molar refractivity (Wildman–Crippen MR) is 104 cm³/mol. The Morgan fingerprint density at radius 1 is 1.15 bits per heavy atom. The molecule has 5 nitrogen and oxygen atoms in total. The summed E-state index contributed by atoms with van der Waals surface area (Å²) in [5.41, 5.74) is 7.53. The molecule has 0 atom stereocenters. The zero-order valence-corrected chi connectivity index (χ0v) is 15.9. The van der Waals surface area contributed by atoms with Crippen molar-refractivity contribution in [1.82, 2.24) is 9.97 Å². The molecule has 1 aliphatic carbocycles. The van der Waals surface area contributed by atoms with Gasteiger partial charge < -0.3 is 15.4 Å². The molecule has 0 radical (unpaired) electrons. The number of anilines is 1. The van der Waals surface area contributed by atoms with Crippen LogP contribution < -0.4 is 10.6 Å². The molecule has 1 aromatic carbocycles. The first kappa shape index (κ1) is 20.8. The molecule has 2 N–H and O–H groups in total. The lowest BCUT2D eigenvalue weighted by Crippen LogP contribution is -2.52. The molecule has 1 saturated heterocycles. The van der Waals surface area contributed by atoms with E-state index in [1.807, 2.05) is 6.07 Å². The van der Waals surface area contributed by atoms with Gasteiger partial charge in [0, 0.05) is 42.4 Å². The molecule has 0 spiro atoms. The summed E-state index contributed by atoms with van der Waals surface area (Å²) in [7, 11) is 0. The van der Waals surface area contributed by atoms with Crippen LogP contribution in [-0.4, -0.2) is 35.2 Å². The van der Waals surface area contributed by atoms with Crippen molar-refractivity contribution < 1.29 is 9.13 Å². The molecule has 2 heterocycles. The lowest BCUT2D eigenvalue weighted by Gasteiger charge is -2.40. The minimum absolute atomic E-state index is 0. The number of halogens is 3. The fourth-order valence-electron chi connectivity index (χ4n) is 3.21. The lowest BCUT2D eigenvalue weighted by molar-refractivity contribution is 0.0207. The molecular weight excluding hydrogens is 378 g/mol. The SMILES string of the molecule is Cl.Cl.NC1CC(c2cc(N3CC(OCc4ccccc4F)C3)ncn2)C1. The Morgan fingerprint density at radius 3 is 2.58 bits per heavy atom. The summed E-state index contributed by atoms with van der Waals surface area (Å²) in [6.07, 6.45) is 3.75. The molecule has 26 heavy (non-hydrogen) atoms. The van der Waals surface area contributed by atoms with E-state index < -0.39 is 0 Å². The van der Waals surface area contributed by atoms with Crippen molar-refractivity contribution >= 4 is 30.6 Å². The molecule has 4 rings (SSSR count). The Labute approximate surface area is 165 Å². The van der Waals surface area contributed by atoms with Crippen LogP contribution in [0.4, 0.5) is 10.2 Å². The van der Waals surface area contributed by atoms with Crippen LogP contribution in [0.5, 0.6) is 0 Å². The first-order valence-corrected chi connectivity index (χ1v) is 8.36. The maximum atomic E-state index is 13.6. The highest BCUT2D eigenvalue weighted by Gasteiger charge is 2.31. The zero-order valence-electron chi connectivity index (χ0n) is 14.3. The number of nitrogens with zero attached hydrogens (tertiary/aromatic N) is 3. The van der Waals surface area contributed by atoms with E-state index >= 15 is 0 Å². The van der Waals surface area contributed by atoms with E-state index in [1.54, 1.807) is 18.5 Å². The fraction of sp³-hybridized carbons (Fsp3) is 0.444. The van der Waals surface area contributed by atoms with Gasteiger partial charge in [-0.25, -0.2) is 14.4 Å². The van der Waals surface area contributed by atoms with E-state index in [0.29, 0.717) is 24.1 Å². The number of benzene rings is 1. The molecule has 0 amide bonds. The Balaban J connectivity index is 0.00000121. The summed E-state index contributed by atoms with van der Waals surface area (Å²) in [6.45, 7) is 1.85. The standard InChI is InChI=1S/C18H21FN4O.2ClH/c19-16-4-2-1-3-12(16)10-24-15-8-23(9-15)18-7-17(21-11-22-18)13-5-14(20)6-13;;/h1-4,7,11,13-15H,5-6,8-10,20H2;2*1H. The summed E-state index contributed by atoms with van der Waals surface area (Å²) in [5, 5.41) is 0. The van der Waals surface area contributed by atoms with Gasteiger partial charge in [0.05, 0.1) is 12.7 Å². The van der Waals surface area contributed by atoms with Gasteiger partial charge in [0.1, 0.15) is 18.0 Å². The average Bonchev–Trinajstić information content (AvgIpc) is 2.52. The van der Waals surface area contributed by atoms with Crippen LogP contribution in [-0.2, 0) is 11.3 Å². The smallest absolute Gasteiger partial charge is 0.132 e. The average molecular weight is 401 g/mol. The first-order valence-electron chi connectivity index (χ1n) is 8.36. The number of nitrogens with two attached hydrogens (primary N) is 1. The highest BCUT2D eigenvalue weighted by Crippen LogP contribution is 2.35. The third kappa shape index (κ3) is 4.43. The van der Waals surface area contributed by atoms with Crippen molar-refractivity contribution in [1.29, 1.82) is 0 Å². The maximum absolute atomic E-state index is 13.6. The van der Waals surface area contributed by atoms with Gasteiger partial charge >= 0.3 is 0 Å². The Hall–Kier alpha value is -1.47. The normalized spacial score (nSPS) is 21.8. The van der Waals surface area contributed by atoms with Crippen molar-refractivity contribution in [2.24, 2.45) is 5.73 Å². The van der Waals surface area contributed by atoms with E-state index in [1.165, 1.54) is 6.07 Å². The topological polar surface area (TPSA) is 64.3 Å². The molecule has 1 aromatic heterocycles. The number of ether oxygens (including phenoxy) is 1. The van der Waals surface area contributed by atoms with Gasteiger partial charge in [0.25, 0.3) is 0 Å². The summed E-state index contributed by atoms with van der Waals surface area (Å²) >= 11 is 0. The summed E-state index contributed by atoms with van der Waals surface area (Å²) < 4.78 is 19.4. The highest BCUT2D eigenvalue weighted by atomic mass is 35.5. The summed E-state index contributed by atoms with van der Waals surface area (Å²) in [4.78, 5) is 10.9. The van der Waals surface area contributed by atoms with E-state index in [9.17, 15) is 4.39 Å². The molecule has 2 aromatic rings. The van der Waals surface area contributed by atoms with Crippen LogP contribution in [0, 0.1) is 5.82 Å². The van der Waals surface area contributed by atoms with Crippen molar-refractivity contribution in [2.75, 3.05) is 18.0 Å². The van der Waals surface area contributed by atoms with E-state index in [2.05, 4.69) is 20.9 Å². The maximum Gasteiger partial charge on any atom is 0.132 e. The van der Waals surface area contributed by atoms with Crippen molar-refractivity contribution in [3.05, 3.63) is 53.7 Å². The fourth-order valence-corrected chi connectivity index (χ4v) is 3.21. The van der Waals surface area contributed by atoms with Gasteiger partial charge in [-0.3, -0.25) is 0 Å². The molecule has 0 unspecified atom stereocenters. The molecule has 8 heteroatoms. The van der Waals surface area contributed by atoms with Crippen molar-refractivity contribution in [3.63, 3.8) is 0 Å². The van der Waals surface area contributed by atoms with Gasteiger partial charge in [0.15, 0.2) is 0 Å². The minimum Gasteiger partial charge on any atom is -0.370 e. The number of hydrogen-bond acceptors (Lipinski definition) is 5. The van der Waals surface area contributed by atoms with Crippen LogP contribution >= 0.6 is 24.8 Å². The van der Waals surface area contributed by atoms with Crippen molar-refractivity contribution in [2.45, 2.75) is 37.5 Å². The van der Waals surface area contributed by atoms with E-state index in [-0.39, 0.29) is 36.7 Å². The molecule has 2 aliphatic rings. The minimum atomic E-state index is -0.215. The number of aromatic nitrogens is 2. The van der Waals surface area contributed by atoms with Crippen LogP contribution in [0.3, 0.4) is 0 Å². The Bertz CT molecular complexity index is 724. The van der Waals surface area contributed by atoms with Crippen LogP contribution in [0.25, 0.3) is 0 Å². The lowest BCUT2D eigenvalue weighted by atomic mass is 9.78. The van der Waals surface area contributed by atoms with Gasteiger partial charge in [-0.15, -0.1) is 24.8 Å². The second kappa shape index (κ2) is 8.95. The van der Waals surface area contributed by atoms with E-state index in [4.69, 9.17) is 10.5 Å². The van der Waals surface area contributed by atoms with E-state index in [0.717, 1.165) is 37.4 Å². The molecule has 2 fully saturated rings. The molecule has 0 bridgehead atoms. The highest BCUT2D eigenvalue weighted by molar-refractivity contribution is 5.85. The number of rotatable bonds is 5. The monoisotopic (exact) mass is 400 g/mol. The molecule has 1 aliphatic heterocycles. The Morgan fingerprint density at radius 2 is 1.88 bits per heavy atom.